The van der Waals surface area contributed by atoms with Gasteiger partial charge in [0.25, 0.3) is 0 Å². The molecule has 0 saturated heterocycles. The summed E-state index contributed by atoms with van der Waals surface area (Å²) in [6.45, 7) is 0. The molecule has 0 aliphatic rings. The Bertz CT molecular complexity index is 11400. The first-order chi connectivity index (χ1) is 80.7. The average molecular weight is 1930 g/mol. The van der Waals surface area contributed by atoms with Crippen molar-refractivity contribution < 1.29 is 20.6 Å². The third-order valence-electron chi connectivity index (χ3n) is 27.8. The van der Waals surface area contributed by atoms with E-state index in [9.17, 15) is 0 Å². The molecule has 0 saturated carbocycles. The summed E-state index contributed by atoms with van der Waals surface area (Å²) in [6.07, 6.45) is 0. The quantitative estimate of drug-likeness (QED) is 0.0979. The van der Waals surface area contributed by atoms with E-state index in [1.807, 2.05) is 334 Å². The number of para-hydroxylation sites is 9. The van der Waals surface area contributed by atoms with Crippen LogP contribution in [0.25, 0.3) is 267 Å². The molecule has 0 fully saturated rings. The molecule has 15 heteroatoms. The summed E-state index contributed by atoms with van der Waals surface area (Å²) < 4.78 is 141. The van der Waals surface area contributed by atoms with Gasteiger partial charge in [0.1, 0.15) is 0 Å². The molecule has 30 aromatic rings. The van der Waals surface area contributed by atoms with E-state index in [2.05, 4.69) is 117 Å². The van der Waals surface area contributed by atoms with Crippen molar-refractivity contribution in [3.05, 3.63) is 527 Å². The Balaban J connectivity index is 0.000000116. The molecular weight excluding hydrogens is 1830 g/mol. The summed E-state index contributed by atoms with van der Waals surface area (Å²) in [5, 5.41) is 10.9. The highest BCUT2D eigenvalue weighted by molar-refractivity contribution is 6.29. The van der Waals surface area contributed by atoms with Crippen molar-refractivity contribution in [3.63, 3.8) is 0 Å². The normalized spacial score (nSPS) is 13.0. The lowest BCUT2D eigenvalue weighted by atomic mass is 9.99. The third kappa shape index (κ3) is 15.1. The van der Waals surface area contributed by atoms with Crippen LogP contribution >= 0.6 is 0 Å². The van der Waals surface area contributed by atoms with Crippen molar-refractivity contribution in [2.45, 2.75) is 0 Å². The maximum Gasteiger partial charge on any atom is 0.238 e. The van der Waals surface area contributed by atoms with Gasteiger partial charge >= 0.3 is 0 Å². The maximum absolute atomic E-state index is 8.95. The zero-order chi connectivity index (χ0) is 112. The molecule has 150 heavy (non-hydrogen) atoms. The first-order valence-electron chi connectivity index (χ1n) is 56.7. The van der Waals surface area contributed by atoms with Crippen LogP contribution in [0.5, 0.6) is 0 Å². The molecule has 0 radical (unpaired) electrons. The number of hydrogen-bond donors (Lipinski definition) is 0. The fourth-order valence-electron chi connectivity index (χ4n) is 21.3. The minimum absolute atomic E-state index is 0.0885. The van der Waals surface area contributed by atoms with Gasteiger partial charge in [-0.05, 0) is 130 Å². The molecule has 0 bridgehead atoms. The van der Waals surface area contributed by atoms with Crippen molar-refractivity contribution in [1.29, 1.82) is 0 Å². The van der Waals surface area contributed by atoms with Crippen LogP contribution < -0.4 is 0 Å². The van der Waals surface area contributed by atoms with Crippen molar-refractivity contribution in [2.24, 2.45) is 0 Å². The van der Waals surface area contributed by atoms with Crippen molar-refractivity contribution in [2.75, 3.05) is 0 Å². The topological polar surface area (TPSA) is 146 Å². The maximum atomic E-state index is 8.95. The van der Waals surface area contributed by atoms with Gasteiger partial charge in [-0.2, -0.15) is 29.9 Å². The van der Waals surface area contributed by atoms with Gasteiger partial charge in [-0.3, -0.25) is 13.7 Å². The van der Waals surface area contributed by atoms with E-state index in [0.29, 0.717) is 85.9 Å². The van der Waals surface area contributed by atoms with Gasteiger partial charge in [0.05, 0.1) is 86.8 Å². The smallest absolute Gasteiger partial charge is 0.238 e. The van der Waals surface area contributed by atoms with Crippen LogP contribution in [0.4, 0.5) is 0 Å². The molecule has 702 valence electrons. The van der Waals surface area contributed by atoms with Crippen LogP contribution in [0.3, 0.4) is 0 Å². The largest absolute Gasteiger partial charge is 0.309 e. The van der Waals surface area contributed by atoms with Gasteiger partial charge in [-0.1, -0.05) is 430 Å². The Hall–Kier alpha value is -20.6. The zero-order valence-corrected chi connectivity index (χ0v) is 79.8. The molecule has 9 heterocycles. The van der Waals surface area contributed by atoms with Crippen LogP contribution in [0.2, 0.25) is 0 Å². The minimum Gasteiger partial charge on any atom is -0.309 e. The van der Waals surface area contributed by atoms with E-state index in [-0.39, 0.29) is 89.6 Å². The van der Waals surface area contributed by atoms with E-state index in [1.165, 1.54) is 0 Å². The molecule has 0 N–H and O–H groups in total. The van der Waals surface area contributed by atoms with Crippen LogP contribution in [-0.2, 0) is 0 Å². The van der Waals surface area contributed by atoms with Crippen molar-refractivity contribution >= 4 is 131 Å². The van der Waals surface area contributed by atoms with Gasteiger partial charge in [0.15, 0.2) is 34.9 Å². The van der Waals surface area contributed by atoms with Crippen LogP contribution in [0.1, 0.15) is 20.6 Å². The Labute approximate surface area is 882 Å². The summed E-state index contributed by atoms with van der Waals surface area (Å²) in [7, 11) is 0. The summed E-state index contributed by atoms with van der Waals surface area (Å²) in [5.74, 6) is 4.38. The molecule has 21 aromatic carbocycles. The predicted molar refractivity (Wildman–Crippen MR) is 614 cm³/mol. The molecular formula is C135H87N15. The van der Waals surface area contributed by atoms with Gasteiger partial charge in [-0.25, -0.2) is 15.0 Å². The molecule has 0 unspecified atom stereocenters. The number of aromatic nitrogens is 15. The highest BCUT2D eigenvalue weighted by Crippen LogP contribution is 2.48. The fraction of sp³-hybridized carbons (Fsp3) is 0. The average Bonchev–Trinajstić information content (AvgIpc) is 1.54. The summed E-state index contributed by atoms with van der Waals surface area (Å²) in [5.41, 5.74) is 21.0. The third-order valence-corrected chi connectivity index (χ3v) is 27.8. The van der Waals surface area contributed by atoms with Crippen LogP contribution in [-0.4, -0.2) is 72.3 Å². The van der Waals surface area contributed by atoms with Crippen LogP contribution in [0, 0.1) is 0 Å². The molecule has 9 aromatic heterocycles. The fourth-order valence-corrected chi connectivity index (χ4v) is 21.3. The Kier molecular flexibility index (Phi) is 17.9. The Morgan fingerprint density at radius 2 is 0.387 bits per heavy atom. The van der Waals surface area contributed by atoms with Crippen molar-refractivity contribution in [1.82, 2.24) is 72.3 Å². The first-order valence-corrected chi connectivity index (χ1v) is 49.2. The second-order valence-corrected chi connectivity index (χ2v) is 36.4. The lowest BCUT2D eigenvalue weighted by molar-refractivity contribution is 0.955. The number of benzene rings is 21. The zero-order valence-electron chi connectivity index (χ0n) is 94.8. The summed E-state index contributed by atoms with van der Waals surface area (Å²) in [6, 6.07) is 139. The monoisotopic (exact) mass is 1930 g/mol. The van der Waals surface area contributed by atoms with E-state index in [0.717, 1.165) is 164 Å². The molecule has 0 atom stereocenters. The minimum atomic E-state index is -0.435. The molecule has 0 spiro atoms. The second-order valence-electron chi connectivity index (χ2n) is 36.4. The molecule has 0 aliphatic carbocycles. The highest BCUT2D eigenvalue weighted by atomic mass is 15.2. The summed E-state index contributed by atoms with van der Waals surface area (Å²) >= 11 is 0. The van der Waals surface area contributed by atoms with Gasteiger partial charge < -0.3 is 13.7 Å². The molecule has 30 rings (SSSR count). The lowest BCUT2D eigenvalue weighted by Gasteiger charge is -2.13. The summed E-state index contributed by atoms with van der Waals surface area (Å²) in [4.78, 5) is 46.4. The molecule has 0 amide bonds. The number of rotatable bonds is 15. The van der Waals surface area contributed by atoms with Gasteiger partial charge in [-0.15, -0.1) is 0 Å². The highest BCUT2D eigenvalue weighted by Gasteiger charge is 2.30. The first kappa shape index (κ1) is 72.7. The second kappa shape index (κ2) is 37.0. The number of nitrogens with zero attached hydrogens (tertiary/aromatic N) is 15. The number of fused-ring (bicyclic) bond motifs is 21. The van der Waals surface area contributed by atoms with Crippen molar-refractivity contribution in [3.8, 4) is 137 Å². The van der Waals surface area contributed by atoms with Gasteiger partial charge in [0.2, 0.25) is 17.8 Å². The predicted octanol–water partition coefficient (Wildman–Crippen LogP) is 33.2. The molecule has 0 aliphatic heterocycles. The molecule has 15 nitrogen and oxygen atoms in total. The van der Waals surface area contributed by atoms with E-state index in [4.69, 9.17) is 65.4 Å². The lowest BCUT2D eigenvalue weighted by Crippen LogP contribution is -2.07. The van der Waals surface area contributed by atoms with E-state index in [1.54, 1.807) is 13.7 Å². The SMILES string of the molecule is [2H]c1c([2H])c([2H])c(-n2c3ccccc3c3c2ccc2c4ccccc4n(-c4nc(-c5ccccc5)nc(-c5ccc(-c6ccccc6)cc5)n4)c23)c([2H])c1[2H].[2H]c1c([2H])c([2H])c(-n2c3ccccc3c3c2ccc2c4ccccc4n(-c4nc(-c5ccccc5)nc(-c5cccc(-c6ccccc6)c5)n4)c23)c([2H])c1[2H].[2H]c1c([2H])c([2H])c(-n2c3ccccc3c3c2ccc2c4ccccc4n(-c4nc(-c5ccccc5)nc(-c5ccccc5-c5ccccc5)n4)c23)c([2H])c1[2H]. The standard InChI is InChI=1S/3C45H29N5/c1-4-15-30(16-5-1)32-19-14-20-33(29-32)44-46-43(31-17-6-2-7-18-31)47-45(48-44)50-38-25-12-10-23-35(38)36-27-28-40-41(42(36)50)37-24-11-13-26-39(37)49(40)34-21-8-3-9-22-34;1-4-14-30(15-5-1)31-24-26-33(27-25-31)44-46-43(32-16-6-2-7-17-32)47-45(48-44)50-38-22-12-10-20-35(38)36-28-29-40-41(42(36)50)37-21-11-13-23-39(37)49(40)34-18-8-3-9-19-34;1-4-16-30(17-5-1)33-22-10-11-24-36(33)44-46-43(31-18-6-2-7-19-31)47-45(48-44)50-38-26-14-12-23-34(38)35-28-29-40-41(42(35)50)37-25-13-15-27-39(37)49(40)32-20-8-3-9-21-32/h3*1-29H/i3D,8D,9D,21D,22D;3D,8D,9D,18D,19D;3D,8D,9D,20D,21D. The Morgan fingerprint density at radius 3 is 0.740 bits per heavy atom. The van der Waals surface area contributed by atoms with Crippen LogP contribution in [0.15, 0.2) is 527 Å². The van der Waals surface area contributed by atoms with Gasteiger partial charge in [0, 0.05) is 115 Å². The Morgan fingerprint density at radius 1 is 0.147 bits per heavy atom. The van der Waals surface area contributed by atoms with E-state index >= 15 is 0 Å². The number of hydrogen-bond acceptors (Lipinski definition) is 9. The van der Waals surface area contributed by atoms with E-state index < -0.39 is 18.1 Å².